The van der Waals surface area contributed by atoms with Crippen molar-refractivity contribution in [1.29, 1.82) is 0 Å². The van der Waals surface area contributed by atoms with E-state index in [9.17, 15) is 24.0 Å². The molecule has 12 nitrogen and oxygen atoms in total. The molecule has 1 aromatic heterocycles. The van der Waals surface area contributed by atoms with E-state index in [4.69, 9.17) is 18.9 Å². The van der Waals surface area contributed by atoms with Crippen molar-refractivity contribution in [3.8, 4) is 0 Å². The zero-order valence-corrected chi connectivity index (χ0v) is 18.7. The van der Waals surface area contributed by atoms with Gasteiger partial charge in [-0.05, 0) is 6.92 Å². The van der Waals surface area contributed by atoms with E-state index in [-0.39, 0.29) is 22.5 Å². The van der Waals surface area contributed by atoms with Crippen molar-refractivity contribution in [2.75, 3.05) is 0 Å². The Hall–Kier alpha value is -3.93. The summed E-state index contributed by atoms with van der Waals surface area (Å²) >= 11 is 0. The summed E-state index contributed by atoms with van der Waals surface area (Å²) in [7, 11) is 0. The average molecular weight is 471 g/mol. The molecule has 5 atom stereocenters. The molecule has 0 amide bonds. The van der Waals surface area contributed by atoms with Crippen LogP contribution in [0, 0.1) is 0 Å². The first-order valence-corrected chi connectivity index (χ1v) is 10.4. The molecule has 12 heteroatoms. The van der Waals surface area contributed by atoms with Crippen molar-refractivity contribution in [3.05, 3.63) is 46.8 Å². The molecule has 178 valence electrons. The smallest absolute Gasteiger partial charge is 0.303 e. The van der Waals surface area contributed by atoms with Crippen molar-refractivity contribution in [1.82, 2.24) is 15.0 Å². The molecule has 4 rings (SSSR count). The normalized spacial score (nSPS) is 25.7. The maximum absolute atomic E-state index is 13.3. The molecule has 2 aliphatic rings. The molecular formula is C22H21N3O9. The van der Waals surface area contributed by atoms with Crippen LogP contribution >= 0.6 is 0 Å². The van der Waals surface area contributed by atoms with Crippen LogP contribution in [0.25, 0.3) is 0 Å². The van der Waals surface area contributed by atoms with Gasteiger partial charge >= 0.3 is 17.9 Å². The minimum atomic E-state index is -1.38. The quantitative estimate of drug-likeness (QED) is 0.391. The predicted molar refractivity (Wildman–Crippen MR) is 110 cm³/mol. The van der Waals surface area contributed by atoms with Crippen LogP contribution in [0.3, 0.4) is 0 Å². The van der Waals surface area contributed by atoms with Crippen molar-refractivity contribution >= 4 is 29.5 Å². The van der Waals surface area contributed by atoms with E-state index in [1.165, 1.54) is 19.1 Å². The second-order valence-corrected chi connectivity index (χ2v) is 7.89. The molecule has 2 heterocycles. The highest BCUT2D eigenvalue weighted by Crippen LogP contribution is 2.36. The van der Waals surface area contributed by atoms with Gasteiger partial charge in [0.1, 0.15) is 5.69 Å². The van der Waals surface area contributed by atoms with E-state index < -0.39 is 60.1 Å². The molecule has 2 aromatic rings. The fourth-order valence-corrected chi connectivity index (χ4v) is 4.16. The van der Waals surface area contributed by atoms with E-state index in [1.807, 2.05) is 0 Å². The molecule has 1 aliphatic carbocycles. The molecule has 1 aromatic carbocycles. The third kappa shape index (κ3) is 3.96. The molecule has 0 N–H and O–H groups in total. The van der Waals surface area contributed by atoms with Crippen LogP contribution in [0.4, 0.5) is 0 Å². The largest absolute Gasteiger partial charge is 0.456 e. The van der Waals surface area contributed by atoms with Gasteiger partial charge in [0.15, 0.2) is 30.2 Å². The van der Waals surface area contributed by atoms with Crippen molar-refractivity contribution in [2.45, 2.75) is 58.3 Å². The minimum Gasteiger partial charge on any atom is -0.456 e. The van der Waals surface area contributed by atoms with Crippen LogP contribution in [-0.4, -0.2) is 68.9 Å². The van der Waals surface area contributed by atoms with E-state index in [0.717, 1.165) is 18.5 Å². The first-order chi connectivity index (χ1) is 16.1. The Morgan fingerprint density at radius 3 is 1.97 bits per heavy atom. The number of aromatic nitrogens is 3. The van der Waals surface area contributed by atoms with Gasteiger partial charge in [0.25, 0.3) is 0 Å². The summed E-state index contributed by atoms with van der Waals surface area (Å²) in [5.41, 5.74) is -0.00163. The van der Waals surface area contributed by atoms with Gasteiger partial charge in [-0.2, -0.15) is 0 Å². The van der Waals surface area contributed by atoms with Crippen LogP contribution in [0.1, 0.15) is 66.0 Å². The molecule has 0 unspecified atom stereocenters. The van der Waals surface area contributed by atoms with E-state index in [0.29, 0.717) is 0 Å². The monoisotopic (exact) mass is 471 g/mol. The van der Waals surface area contributed by atoms with Crippen LogP contribution in [0.15, 0.2) is 24.3 Å². The zero-order valence-electron chi connectivity index (χ0n) is 18.7. The fourth-order valence-electron chi connectivity index (χ4n) is 4.16. The molecule has 34 heavy (non-hydrogen) atoms. The van der Waals surface area contributed by atoms with Gasteiger partial charge in [-0.15, -0.1) is 5.10 Å². The minimum absolute atomic E-state index is 0.158. The van der Waals surface area contributed by atoms with Crippen LogP contribution < -0.4 is 0 Å². The number of ketones is 2. The summed E-state index contributed by atoms with van der Waals surface area (Å²) in [6.07, 6.45) is -6.01. The summed E-state index contributed by atoms with van der Waals surface area (Å²) in [6, 6.07) is 6.26. The number of carbonyl (C=O) groups excluding carboxylic acids is 5. The van der Waals surface area contributed by atoms with Crippen molar-refractivity contribution in [3.63, 3.8) is 0 Å². The van der Waals surface area contributed by atoms with Gasteiger partial charge in [-0.25, -0.2) is 4.68 Å². The molecule has 1 aliphatic heterocycles. The van der Waals surface area contributed by atoms with Crippen molar-refractivity contribution < 1.29 is 42.9 Å². The first kappa shape index (κ1) is 23.2. The maximum Gasteiger partial charge on any atom is 0.303 e. The van der Waals surface area contributed by atoms with Gasteiger partial charge in [-0.3, -0.25) is 24.0 Å². The molecule has 1 saturated heterocycles. The standard InChI is InChI=1S/C22H21N3O9/c1-9-19(32-10(2)26)20(33-11(3)27)21(34-12(4)28)22(31-9)25-16-15(23-24-25)17(29)13-7-5-6-8-14(13)18(16)30/h5-9,19-22H,1-4H3/t9-,19-,20+,21+,22+/m1/s1. The van der Waals surface area contributed by atoms with Gasteiger partial charge in [0.05, 0.1) is 6.10 Å². The predicted octanol–water partition coefficient (Wildman–Crippen LogP) is 0.766. The van der Waals surface area contributed by atoms with E-state index in [1.54, 1.807) is 19.1 Å². The number of hydrogen-bond acceptors (Lipinski definition) is 11. The van der Waals surface area contributed by atoms with Gasteiger partial charge in [0, 0.05) is 31.9 Å². The number of nitrogens with zero attached hydrogens (tertiary/aromatic N) is 3. The van der Waals surface area contributed by atoms with Crippen LogP contribution in [-0.2, 0) is 33.3 Å². The molecule has 1 fully saturated rings. The lowest BCUT2D eigenvalue weighted by atomic mass is 9.89. The number of ether oxygens (including phenoxy) is 4. The Morgan fingerprint density at radius 2 is 1.38 bits per heavy atom. The van der Waals surface area contributed by atoms with Gasteiger partial charge in [-0.1, -0.05) is 29.5 Å². The third-order valence-corrected chi connectivity index (χ3v) is 5.43. The summed E-state index contributed by atoms with van der Waals surface area (Å²) < 4.78 is 23.1. The van der Waals surface area contributed by atoms with Crippen LogP contribution in [0.5, 0.6) is 0 Å². The van der Waals surface area contributed by atoms with Crippen LogP contribution in [0.2, 0.25) is 0 Å². The highest BCUT2D eigenvalue weighted by molar-refractivity contribution is 6.26. The van der Waals surface area contributed by atoms with E-state index in [2.05, 4.69) is 10.3 Å². The number of carbonyl (C=O) groups is 5. The van der Waals surface area contributed by atoms with E-state index >= 15 is 0 Å². The number of hydrogen-bond donors (Lipinski definition) is 0. The highest BCUT2D eigenvalue weighted by atomic mass is 16.7. The van der Waals surface area contributed by atoms with Gasteiger partial charge < -0.3 is 18.9 Å². The summed E-state index contributed by atoms with van der Waals surface area (Å²) in [6.45, 7) is 4.98. The third-order valence-electron chi connectivity index (χ3n) is 5.43. The Bertz CT molecular complexity index is 1200. The molecule has 0 bridgehead atoms. The number of rotatable bonds is 4. The topological polar surface area (TPSA) is 153 Å². The lowest BCUT2D eigenvalue weighted by Gasteiger charge is -2.43. The van der Waals surface area contributed by atoms with Gasteiger partial charge in [0.2, 0.25) is 11.6 Å². The summed E-state index contributed by atoms with van der Waals surface area (Å²) in [5, 5.41) is 7.84. The zero-order chi connectivity index (χ0) is 24.7. The maximum atomic E-state index is 13.3. The number of esters is 3. The second kappa shape index (κ2) is 8.78. The highest BCUT2D eigenvalue weighted by Gasteiger charge is 2.53. The SMILES string of the molecule is CC(=O)O[C@H]1[C@H](OC(C)=O)[C@@H](C)O[C@H](n2nnc3c2C(=O)c2ccccc2C3=O)[C@H]1OC(C)=O. The Labute approximate surface area is 193 Å². The Morgan fingerprint density at radius 1 is 0.853 bits per heavy atom. The summed E-state index contributed by atoms with van der Waals surface area (Å²) in [4.78, 5) is 61.7. The Kier molecular flexibility index (Phi) is 6.00. The molecular weight excluding hydrogens is 450 g/mol. The molecule has 0 radical (unpaired) electrons. The second-order valence-electron chi connectivity index (χ2n) is 7.89. The molecule has 0 spiro atoms. The van der Waals surface area contributed by atoms with Crippen molar-refractivity contribution in [2.24, 2.45) is 0 Å². The fraction of sp³-hybridized carbons (Fsp3) is 0.409. The molecule has 0 saturated carbocycles. The number of benzene rings is 1. The lowest BCUT2D eigenvalue weighted by molar-refractivity contribution is -0.261. The lowest BCUT2D eigenvalue weighted by Crippen LogP contribution is -2.59. The average Bonchev–Trinajstić information content (AvgIpc) is 3.21. The summed E-state index contributed by atoms with van der Waals surface area (Å²) in [5.74, 6) is -3.19. The first-order valence-electron chi connectivity index (χ1n) is 10.4. The number of fused-ring (bicyclic) bond motifs is 2. The Balaban J connectivity index is 1.82.